The third kappa shape index (κ3) is 4.96. The van der Waals surface area contributed by atoms with Gasteiger partial charge >= 0.3 is 11.9 Å². The molecule has 2 N–H and O–H groups in total. The molecule has 0 spiro atoms. The fourth-order valence-electron chi connectivity index (χ4n) is 4.26. The molecule has 0 amide bonds. The van der Waals surface area contributed by atoms with Crippen LogP contribution in [-0.4, -0.2) is 41.9 Å². The van der Waals surface area contributed by atoms with Gasteiger partial charge in [0, 0.05) is 34.6 Å². The Kier molecular flexibility index (Phi) is 6.25. The minimum Gasteiger partial charge on any atom is -0.455 e. The Balaban J connectivity index is 1.84. The Hall–Kier alpha value is -3.20. The van der Waals surface area contributed by atoms with Gasteiger partial charge in [0.05, 0.1) is 11.2 Å². The van der Waals surface area contributed by atoms with Crippen molar-refractivity contribution in [3.8, 4) is 0 Å². The molecule has 4 rings (SSSR count). The van der Waals surface area contributed by atoms with E-state index in [2.05, 4.69) is 20.7 Å². The topological polar surface area (TPSA) is 110 Å². The molecule has 0 aliphatic rings. The first-order valence-electron chi connectivity index (χ1n) is 11.7. The van der Waals surface area contributed by atoms with Gasteiger partial charge in [0.1, 0.15) is 22.4 Å². The molecule has 0 bridgehead atoms. The van der Waals surface area contributed by atoms with Gasteiger partial charge in [0.2, 0.25) is 0 Å². The van der Waals surface area contributed by atoms with E-state index in [4.69, 9.17) is 14.5 Å². The number of carbonyl (C=O) groups excluding carboxylic acids is 2. The number of nitrogens with one attached hydrogen (secondary N) is 2. The van der Waals surface area contributed by atoms with E-state index in [-0.39, 0.29) is 11.7 Å². The second kappa shape index (κ2) is 8.78. The highest BCUT2D eigenvalue weighted by Gasteiger charge is 2.28. The zero-order valence-electron chi connectivity index (χ0n) is 21.5. The van der Waals surface area contributed by atoms with Crippen LogP contribution in [0.1, 0.15) is 92.0 Å². The lowest BCUT2D eigenvalue weighted by molar-refractivity contribution is 0.00518. The molecule has 0 aliphatic heterocycles. The van der Waals surface area contributed by atoms with E-state index in [1.54, 1.807) is 0 Å². The van der Waals surface area contributed by atoms with E-state index < -0.39 is 17.2 Å². The highest BCUT2D eigenvalue weighted by molar-refractivity contribution is 7.00. The van der Waals surface area contributed by atoms with Gasteiger partial charge < -0.3 is 14.5 Å². The standard InChI is InChI=1S/C26H32N4O4S/c1-9-14-13(2)20(23(31)33-25(3,4)5)27-17(14)12-18-19-15(10-11-16-22(19)30-35-29-16)21(28-18)24(32)34-26(6,7)8/h10-11,27,29H,9,12H2,1-8H3. The predicted octanol–water partition coefficient (Wildman–Crippen LogP) is 5.87. The van der Waals surface area contributed by atoms with Gasteiger partial charge in [-0.25, -0.2) is 14.6 Å². The van der Waals surface area contributed by atoms with Crippen molar-refractivity contribution in [1.82, 2.24) is 18.7 Å². The molecule has 9 heteroatoms. The third-order valence-corrected chi connectivity index (χ3v) is 6.21. The van der Waals surface area contributed by atoms with Crippen LogP contribution in [-0.2, 0) is 22.3 Å². The average molecular weight is 497 g/mol. The lowest BCUT2D eigenvalue weighted by atomic mass is 10.0. The van der Waals surface area contributed by atoms with Gasteiger partial charge in [-0.2, -0.15) is 4.37 Å². The van der Waals surface area contributed by atoms with E-state index in [0.717, 1.165) is 39.7 Å². The number of aromatic amines is 2. The molecular weight excluding hydrogens is 464 g/mol. The van der Waals surface area contributed by atoms with Gasteiger partial charge in [0.15, 0.2) is 5.69 Å². The molecule has 0 unspecified atom stereocenters. The van der Waals surface area contributed by atoms with Crippen LogP contribution in [0.25, 0.3) is 21.8 Å². The second-order valence-corrected chi connectivity index (χ2v) is 11.3. The highest BCUT2D eigenvalue weighted by atomic mass is 32.1. The summed E-state index contributed by atoms with van der Waals surface area (Å²) in [5.41, 5.74) is 4.60. The van der Waals surface area contributed by atoms with Crippen molar-refractivity contribution in [3.05, 3.63) is 46.0 Å². The summed E-state index contributed by atoms with van der Waals surface area (Å²) in [4.78, 5) is 33.9. The lowest BCUT2D eigenvalue weighted by Crippen LogP contribution is -2.24. The van der Waals surface area contributed by atoms with Crippen LogP contribution in [0.3, 0.4) is 0 Å². The number of H-pyrrole nitrogens is 2. The number of rotatable bonds is 5. The molecule has 3 heterocycles. The average Bonchev–Trinajstić information content (AvgIpc) is 3.41. The highest BCUT2D eigenvalue weighted by Crippen LogP contribution is 2.33. The molecule has 0 saturated heterocycles. The first-order chi connectivity index (χ1) is 16.3. The normalized spacial score (nSPS) is 12.5. The van der Waals surface area contributed by atoms with Crippen molar-refractivity contribution >= 4 is 45.5 Å². The largest absolute Gasteiger partial charge is 0.455 e. The lowest BCUT2D eigenvalue weighted by Gasteiger charge is -2.19. The summed E-state index contributed by atoms with van der Waals surface area (Å²) >= 11 is 1.25. The summed E-state index contributed by atoms with van der Waals surface area (Å²) in [7, 11) is 0. The summed E-state index contributed by atoms with van der Waals surface area (Å²) in [6.45, 7) is 15.0. The summed E-state index contributed by atoms with van der Waals surface area (Å²) < 4.78 is 19.0. The first-order valence-corrected chi connectivity index (χ1v) is 12.5. The summed E-state index contributed by atoms with van der Waals surface area (Å²) in [6, 6.07) is 3.78. The Morgan fingerprint density at radius 1 is 1.03 bits per heavy atom. The minimum atomic E-state index is -0.644. The molecule has 0 aliphatic carbocycles. The van der Waals surface area contributed by atoms with E-state index in [1.165, 1.54) is 11.7 Å². The molecular formula is C26H32N4O4S. The molecule has 0 atom stereocenters. The predicted molar refractivity (Wildman–Crippen MR) is 137 cm³/mol. The fraction of sp³-hybridized carbons (Fsp3) is 0.462. The SMILES string of the molecule is CCc1c(Cc2nc(C(=O)OC(C)(C)C)c3ccc4[nH]snc4c23)[nH]c(C(=O)OC(C)(C)C)c1C. The minimum absolute atomic E-state index is 0.272. The number of benzene rings is 1. The summed E-state index contributed by atoms with van der Waals surface area (Å²) in [6.07, 6.45) is 1.14. The maximum Gasteiger partial charge on any atom is 0.358 e. The van der Waals surface area contributed by atoms with Crippen molar-refractivity contribution in [1.29, 1.82) is 0 Å². The van der Waals surface area contributed by atoms with Crippen LogP contribution in [0.4, 0.5) is 0 Å². The number of hydrogen-bond donors (Lipinski definition) is 2. The Morgan fingerprint density at radius 2 is 1.69 bits per heavy atom. The van der Waals surface area contributed by atoms with Crippen molar-refractivity contribution in [2.75, 3.05) is 0 Å². The molecule has 4 aromatic rings. The van der Waals surface area contributed by atoms with Gasteiger partial charge in [-0.15, -0.1) is 0 Å². The monoisotopic (exact) mass is 496 g/mol. The van der Waals surface area contributed by atoms with Gasteiger partial charge in [-0.1, -0.05) is 6.92 Å². The van der Waals surface area contributed by atoms with Crippen LogP contribution >= 0.6 is 11.7 Å². The third-order valence-electron chi connectivity index (χ3n) is 5.62. The van der Waals surface area contributed by atoms with E-state index in [9.17, 15) is 9.59 Å². The number of aromatic nitrogens is 4. The number of nitrogens with zero attached hydrogens (tertiary/aromatic N) is 2. The molecule has 1 aromatic carbocycles. The van der Waals surface area contributed by atoms with Crippen LogP contribution < -0.4 is 0 Å². The Bertz CT molecular complexity index is 1430. The van der Waals surface area contributed by atoms with Crippen LogP contribution in [0.15, 0.2) is 12.1 Å². The zero-order valence-corrected chi connectivity index (χ0v) is 22.3. The first kappa shape index (κ1) is 24.9. The van der Waals surface area contributed by atoms with Crippen molar-refractivity contribution < 1.29 is 19.1 Å². The molecule has 0 radical (unpaired) electrons. The molecule has 186 valence electrons. The van der Waals surface area contributed by atoms with Crippen molar-refractivity contribution in [2.24, 2.45) is 0 Å². The number of esters is 2. The van der Waals surface area contributed by atoms with Crippen LogP contribution in [0, 0.1) is 6.92 Å². The van der Waals surface area contributed by atoms with Gasteiger partial charge in [0.25, 0.3) is 0 Å². The van der Waals surface area contributed by atoms with E-state index in [1.807, 2.05) is 60.6 Å². The maximum absolute atomic E-state index is 13.0. The van der Waals surface area contributed by atoms with Crippen molar-refractivity contribution in [3.63, 3.8) is 0 Å². The fourth-order valence-corrected chi connectivity index (χ4v) is 4.85. The van der Waals surface area contributed by atoms with Crippen LogP contribution in [0.5, 0.6) is 0 Å². The van der Waals surface area contributed by atoms with E-state index in [0.29, 0.717) is 23.2 Å². The molecule has 8 nitrogen and oxygen atoms in total. The van der Waals surface area contributed by atoms with E-state index >= 15 is 0 Å². The Morgan fingerprint density at radius 3 is 2.31 bits per heavy atom. The molecule has 0 fully saturated rings. The number of hydrogen-bond acceptors (Lipinski definition) is 7. The summed E-state index contributed by atoms with van der Waals surface area (Å²) in [5, 5.41) is 1.52. The number of carbonyl (C=O) groups is 2. The van der Waals surface area contributed by atoms with Crippen LogP contribution in [0.2, 0.25) is 0 Å². The molecule has 3 aromatic heterocycles. The summed E-state index contributed by atoms with van der Waals surface area (Å²) in [5.74, 6) is -0.859. The zero-order chi connectivity index (χ0) is 25.7. The Labute approximate surface area is 208 Å². The van der Waals surface area contributed by atoms with Crippen molar-refractivity contribution in [2.45, 2.75) is 79.4 Å². The quantitative estimate of drug-likeness (QED) is 0.334. The second-order valence-electron chi connectivity index (χ2n) is 10.7. The number of ether oxygens (including phenoxy) is 2. The smallest absolute Gasteiger partial charge is 0.358 e. The molecule has 0 saturated carbocycles. The number of fused-ring (bicyclic) bond motifs is 3. The molecule has 35 heavy (non-hydrogen) atoms. The maximum atomic E-state index is 13.0. The van der Waals surface area contributed by atoms with Gasteiger partial charge in [-0.05, 0) is 78.1 Å². The van der Waals surface area contributed by atoms with Gasteiger partial charge in [-0.3, -0.25) is 4.37 Å².